The van der Waals surface area contributed by atoms with Crippen molar-refractivity contribution in [2.24, 2.45) is 0 Å². The van der Waals surface area contributed by atoms with Gasteiger partial charge in [-0.3, -0.25) is 0 Å². The molecule has 0 amide bonds. The van der Waals surface area contributed by atoms with E-state index in [1.807, 2.05) is 6.07 Å². The van der Waals surface area contributed by atoms with Crippen LogP contribution in [0, 0.1) is 5.82 Å². The molecule has 1 aromatic rings. The Morgan fingerprint density at radius 3 is 3.18 bits per heavy atom. The average molecular weight is 149 g/mol. The topological polar surface area (TPSA) is 12.0 Å². The monoisotopic (exact) mass is 149 g/mol. The smallest absolute Gasteiger partial charge is 0.128 e. The number of anilines is 1. The summed E-state index contributed by atoms with van der Waals surface area (Å²) in [7, 11) is 0. The molecule has 0 radical (unpaired) electrons. The largest absolute Gasteiger partial charge is 0.381 e. The number of hydrogen-bond donors (Lipinski definition) is 1. The molecule has 1 nitrogen and oxygen atoms in total. The van der Waals surface area contributed by atoms with Gasteiger partial charge in [-0.25, -0.2) is 4.39 Å². The summed E-state index contributed by atoms with van der Waals surface area (Å²) in [5.74, 6) is 0.436. The predicted octanol–water partition coefficient (Wildman–Crippen LogP) is 2.11. The number of benzene rings is 1. The standard InChI is InChI=1S/C9H8FN/c10-6-2-1-3-7-9(6)5-4-8(5)11-7/h1-3,5,8,11H,4H2. The van der Waals surface area contributed by atoms with Crippen LogP contribution in [-0.2, 0) is 0 Å². The minimum atomic E-state index is -0.0417. The first-order valence-corrected chi connectivity index (χ1v) is 3.91. The molecule has 56 valence electrons. The summed E-state index contributed by atoms with van der Waals surface area (Å²) in [6.07, 6.45) is 1.12. The molecular weight excluding hydrogens is 141 g/mol. The zero-order chi connectivity index (χ0) is 7.42. The third-order valence-corrected chi connectivity index (χ3v) is 2.56. The molecular formula is C9H8FN. The third-order valence-electron chi connectivity index (χ3n) is 2.56. The molecule has 0 saturated heterocycles. The van der Waals surface area contributed by atoms with Gasteiger partial charge in [-0.15, -0.1) is 0 Å². The summed E-state index contributed by atoms with van der Waals surface area (Å²) in [6.45, 7) is 0. The first-order chi connectivity index (χ1) is 5.36. The quantitative estimate of drug-likeness (QED) is 0.595. The van der Waals surface area contributed by atoms with Crippen LogP contribution in [0.3, 0.4) is 0 Å². The van der Waals surface area contributed by atoms with Crippen molar-refractivity contribution in [2.75, 3.05) is 5.32 Å². The van der Waals surface area contributed by atoms with E-state index in [1.54, 1.807) is 12.1 Å². The fourth-order valence-electron chi connectivity index (χ4n) is 1.91. The zero-order valence-corrected chi connectivity index (χ0v) is 5.97. The Labute approximate surface area is 64.2 Å². The number of halogens is 1. The zero-order valence-electron chi connectivity index (χ0n) is 5.97. The van der Waals surface area contributed by atoms with Crippen molar-refractivity contribution in [3.63, 3.8) is 0 Å². The SMILES string of the molecule is Fc1cccc2c1C1CC1N2. The number of hydrogen-bond acceptors (Lipinski definition) is 1. The van der Waals surface area contributed by atoms with Crippen molar-refractivity contribution in [2.45, 2.75) is 18.4 Å². The molecule has 1 heterocycles. The van der Waals surface area contributed by atoms with Crippen LogP contribution in [0.2, 0.25) is 0 Å². The fourth-order valence-corrected chi connectivity index (χ4v) is 1.91. The maximum atomic E-state index is 13.1. The summed E-state index contributed by atoms with van der Waals surface area (Å²) < 4.78 is 13.1. The molecule has 1 N–H and O–H groups in total. The minimum Gasteiger partial charge on any atom is -0.381 e. The van der Waals surface area contributed by atoms with Crippen molar-refractivity contribution in [1.29, 1.82) is 0 Å². The van der Waals surface area contributed by atoms with Crippen LogP contribution in [-0.4, -0.2) is 6.04 Å². The Hall–Kier alpha value is -1.05. The van der Waals surface area contributed by atoms with E-state index >= 15 is 0 Å². The summed E-state index contributed by atoms with van der Waals surface area (Å²) in [5, 5.41) is 3.27. The molecule has 1 aliphatic carbocycles. The Kier molecular flexibility index (Phi) is 0.799. The highest BCUT2D eigenvalue weighted by atomic mass is 19.1. The summed E-state index contributed by atoms with van der Waals surface area (Å²) in [5.41, 5.74) is 1.92. The van der Waals surface area contributed by atoms with E-state index in [0.717, 1.165) is 17.7 Å². The van der Waals surface area contributed by atoms with Crippen LogP contribution >= 0.6 is 0 Å². The molecule has 11 heavy (non-hydrogen) atoms. The van der Waals surface area contributed by atoms with E-state index in [0.29, 0.717) is 12.0 Å². The normalized spacial score (nSPS) is 30.6. The lowest BCUT2D eigenvalue weighted by atomic mass is 10.1. The predicted molar refractivity (Wildman–Crippen MR) is 41.2 cm³/mol. The van der Waals surface area contributed by atoms with Gasteiger partial charge >= 0.3 is 0 Å². The van der Waals surface area contributed by atoms with Gasteiger partial charge in [-0.1, -0.05) is 6.07 Å². The Morgan fingerprint density at radius 1 is 1.45 bits per heavy atom. The van der Waals surface area contributed by atoms with Gasteiger partial charge in [-0.2, -0.15) is 0 Å². The Bertz CT molecular complexity index is 321. The maximum Gasteiger partial charge on any atom is 0.128 e. The van der Waals surface area contributed by atoms with Crippen molar-refractivity contribution in [3.05, 3.63) is 29.6 Å². The van der Waals surface area contributed by atoms with Gasteiger partial charge in [0, 0.05) is 23.2 Å². The molecule has 0 spiro atoms. The lowest BCUT2D eigenvalue weighted by molar-refractivity contribution is 0.614. The third kappa shape index (κ3) is 0.595. The van der Waals surface area contributed by atoms with Crippen molar-refractivity contribution in [3.8, 4) is 0 Å². The van der Waals surface area contributed by atoms with E-state index in [-0.39, 0.29) is 5.82 Å². The van der Waals surface area contributed by atoms with Crippen molar-refractivity contribution < 1.29 is 4.39 Å². The van der Waals surface area contributed by atoms with E-state index in [1.165, 1.54) is 0 Å². The van der Waals surface area contributed by atoms with Gasteiger partial charge in [0.2, 0.25) is 0 Å². The average Bonchev–Trinajstić information content (AvgIpc) is 2.62. The van der Waals surface area contributed by atoms with Gasteiger partial charge < -0.3 is 5.32 Å². The summed E-state index contributed by atoms with van der Waals surface area (Å²) >= 11 is 0. The summed E-state index contributed by atoms with van der Waals surface area (Å²) in [6, 6.07) is 5.79. The molecule has 2 heteroatoms. The molecule has 1 aliphatic heterocycles. The van der Waals surface area contributed by atoms with Crippen LogP contribution in [0.15, 0.2) is 18.2 Å². The molecule has 2 unspecified atom stereocenters. The number of nitrogens with one attached hydrogen (secondary N) is 1. The van der Waals surface area contributed by atoms with E-state index in [2.05, 4.69) is 5.32 Å². The fraction of sp³-hybridized carbons (Fsp3) is 0.333. The lowest BCUT2D eigenvalue weighted by Crippen LogP contribution is -1.96. The molecule has 3 rings (SSSR count). The highest BCUT2D eigenvalue weighted by molar-refractivity contribution is 5.63. The highest BCUT2D eigenvalue weighted by Crippen LogP contribution is 2.52. The van der Waals surface area contributed by atoms with E-state index < -0.39 is 0 Å². The van der Waals surface area contributed by atoms with Gasteiger partial charge in [0.1, 0.15) is 5.82 Å². The van der Waals surface area contributed by atoms with Crippen LogP contribution in [0.5, 0.6) is 0 Å². The Morgan fingerprint density at radius 2 is 2.36 bits per heavy atom. The molecule has 0 bridgehead atoms. The first-order valence-electron chi connectivity index (χ1n) is 3.91. The number of fused-ring (bicyclic) bond motifs is 3. The molecule has 2 atom stereocenters. The van der Waals surface area contributed by atoms with E-state index in [9.17, 15) is 4.39 Å². The lowest BCUT2D eigenvalue weighted by Gasteiger charge is -2.02. The second kappa shape index (κ2) is 1.58. The highest BCUT2D eigenvalue weighted by Gasteiger charge is 2.46. The summed E-state index contributed by atoms with van der Waals surface area (Å²) in [4.78, 5) is 0. The number of rotatable bonds is 0. The first kappa shape index (κ1) is 5.58. The van der Waals surface area contributed by atoms with Crippen LogP contribution < -0.4 is 5.32 Å². The second-order valence-electron chi connectivity index (χ2n) is 3.29. The van der Waals surface area contributed by atoms with Crippen molar-refractivity contribution in [1.82, 2.24) is 0 Å². The molecule has 0 aromatic heterocycles. The van der Waals surface area contributed by atoms with Gasteiger partial charge in [0.25, 0.3) is 0 Å². The van der Waals surface area contributed by atoms with Gasteiger partial charge in [0.05, 0.1) is 0 Å². The molecule has 1 saturated carbocycles. The van der Waals surface area contributed by atoms with Crippen molar-refractivity contribution >= 4 is 5.69 Å². The molecule has 2 aliphatic rings. The maximum absolute atomic E-state index is 13.1. The van der Waals surface area contributed by atoms with Gasteiger partial charge in [0.15, 0.2) is 0 Å². The molecule has 1 fully saturated rings. The minimum absolute atomic E-state index is 0.0417. The van der Waals surface area contributed by atoms with Gasteiger partial charge in [-0.05, 0) is 18.6 Å². The van der Waals surface area contributed by atoms with E-state index in [4.69, 9.17) is 0 Å². The Balaban J connectivity index is 2.25. The van der Waals surface area contributed by atoms with Crippen LogP contribution in [0.25, 0.3) is 0 Å². The molecule has 1 aromatic carbocycles. The second-order valence-corrected chi connectivity index (χ2v) is 3.29. The van der Waals surface area contributed by atoms with Crippen LogP contribution in [0.4, 0.5) is 10.1 Å². The van der Waals surface area contributed by atoms with Crippen LogP contribution in [0.1, 0.15) is 17.9 Å².